The predicted molar refractivity (Wildman–Crippen MR) is 65.7 cm³/mol. The fourth-order valence-corrected chi connectivity index (χ4v) is 2.14. The van der Waals surface area contributed by atoms with Crippen LogP contribution in [0.5, 0.6) is 5.75 Å². The highest BCUT2D eigenvalue weighted by Gasteiger charge is 2.19. The van der Waals surface area contributed by atoms with E-state index >= 15 is 0 Å². The van der Waals surface area contributed by atoms with Crippen molar-refractivity contribution in [3.8, 4) is 5.75 Å². The molecule has 1 aromatic carbocycles. The molecular weight excluding hydrogens is 219 g/mol. The monoisotopic (exact) mass is 238 g/mol. The Morgan fingerprint density at radius 2 is 2.35 bits per heavy atom. The van der Waals surface area contributed by atoms with Crippen molar-refractivity contribution in [2.75, 3.05) is 26.7 Å². The van der Waals surface area contributed by atoms with E-state index in [1.165, 1.54) is 6.07 Å². The minimum atomic E-state index is -0.156. The molecule has 1 saturated heterocycles. The average Bonchev–Trinajstić information content (AvgIpc) is 2.35. The summed E-state index contributed by atoms with van der Waals surface area (Å²) in [4.78, 5) is 2.29. The summed E-state index contributed by atoms with van der Waals surface area (Å²) in [6.07, 6.45) is 0. The third-order valence-electron chi connectivity index (χ3n) is 3.27. The Labute approximate surface area is 102 Å². The number of nitrogens with zero attached hydrogens (tertiary/aromatic N) is 1. The second-order valence-electron chi connectivity index (χ2n) is 4.48. The van der Waals surface area contributed by atoms with E-state index in [4.69, 9.17) is 4.74 Å². The Hall–Kier alpha value is -1.13. The molecule has 1 atom stereocenters. The van der Waals surface area contributed by atoms with Gasteiger partial charge < -0.3 is 10.1 Å². The molecule has 0 spiro atoms. The quantitative estimate of drug-likeness (QED) is 0.866. The van der Waals surface area contributed by atoms with E-state index in [-0.39, 0.29) is 5.82 Å². The van der Waals surface area contributed by atoms with E-state index in [1.807, 2.05) is 0 Å². The number of piperazine rings is 1. The van der Waals surface area contributed by atoms with E-state index in [0.29, 0.717) is 23.9 Å². The zero-order chi connectivity index (χ0) is 12.3. The Bertz CT molecular complexity index is 384. The molecule has 1 aliphatic rings. The minimum Gasteiger partial charge on any atom is -0.497 e. The van der Waals surface area contributed by atoms with Gasteiger partial charge in [0, 0.05) is 37.8 Å². The van der Waals surface area contributed by atoms with E-state index in [9.17, 15) is 4.39 Å². The smallest absolute Gasteiger partial charge is 0.127 e. The molecular formula is C13H19FN2O. The van der Waals surface area contributed by atoms with Gasteiger partial charge in [0.15, 0.2) is 0 Å². The first-order chi connectivity index (χ1) is 8.20. The van der Waals surface area contributed by atoms with Gasteiger partial charge in [0.05, 0.1) is 7.11 Å². The van der Waals surface area contributed by atoms with Crippen molar-refractivity contribution < 1.29 is 9.13 Å². The van der Waals surface area contributed by atoms with Gasteiger partial charge in [-0.3, -0.25) is 4.90 Å². The summed E-state index contributed by atoms with van der Waals surface area (Å²) >= 11 is 0. The maximum Gasteiger partial charge on any atom is 0.127 e. The molecule has 1 aliphatic heterocycles. The maximum absolute atomic E-state index is 13.7. The summed E-state index contributed by atoms with van der Waals surface area (Å²) in [6, 6.07) is 5.35. The minimum absolute atomic E-state index is 0.156. The van der Waals surface area contributed by atoms with Gasteiger partial charge in [0.1, 0.15) is 11.6 Å². The van der Waals surface area contributed by atoms with Crippen molar-refractivity contribution in [2.24, 2.45) is 0 Å². The van der Waals surface area contributed by atoms with E-state index in [2.05, 4.69) is 17.1 Å². The number of nitrogens with one attached hydrogen (secondary N) is 1. The Morgan fingerprint density at radius 1 is 1.53 bits per heavy atom. The first-order valence-electron chi connectivity index (χ1n) is 5.98. The van der Waals surface area contributed by atoms with Crippen LogP contribution >= 0.6 is 0 Å². The molecule has 1 aromatic rings. The normalized spacial score (nSPS) is 21.5. The number of rotatable bonds is 3. The SMILES string of the molecule is COc1ccc(F)c(CN2CCNC[C@@H]2C)c1. The molecule has 0 aliphatic carbocycles. The lowest BCUT2D eigenvalue weighted by Gasteiger charge is -2.34. The van der Waals surface area contributed by atoms with Gasteiger partial charge in [0.2, 0.25) is 0 Å². The lowest BCUT2D eigenvalue weighted by Crippen LogP contribution is -2.49. The van der Waals surface area contributed by atoms with Crippen molar-refractivity contribution in [3.05, 3.63) is 29.6 Å². The first kappa shape index (κ1) is 12.3. The number of ether oxygens (including phenoxy) is 1. The summed E-state index contributed by atoms with van der Waals surface area (Å²) in [5.74, 6) is 0.556. The molecule has 4 heteroatoms. The Kier molecular flexibility index (Phi) is 3.97. The second-order valence-corrected chi connectivity index (χ2v) is 4.48. The number of benzene rings is 1. The van der Waals surface area contributed by atoms with Crippen LogP contribution < -0.4 is 10.1 Å². The van der Waals surface area contributed by atoms with Crippen LogP contribution in [-0.4, -0.2) is 37.7 Å². The Morgan fingerprint density at radius 3 is 3.06 bits per heavy atom. The lowest BCUT2D eigenvalue weighted by atomic mass is 10.1. The van der Waals surface area contributed by atoms with Gasteiger partial charge in [-0.05, 0) is 25.1 Å². The third kappa shape index (κ3) is 2.96. The average molecular weight is 238 g/mol. The van der Waals surface area contributed by atoms with E-state index in [0.717, 1.165) is 19.6 Å². The molecule has 17 heavy (non-hydrogen) atoms. The van der Waals surface area contributed by atoms with Gasteiger partial charge in [0.25, 0.3) is 0 Å². The third-order valence-corrected chi connectivity index (χ3v) is 3.27. The van der Waals surface area contributed by atoms with Gasteiger partial charge >= 0.3 is 0 Å². The zero-order valence-corrected chi connectivity index (χ0v) is 10.4. The number of hydrogen-bond acceptors (Lipinski definition) is 3. The standard InChI is InChI=1S/C13H19FN2O/c1-10-8-15-5-6-16(10)9-11-7-12(17-2)3-4-13(11)14/h3-4,7,10,15H,5-6,8-9H2,1-2H3/t10-/m0/s1. The molecule has 0 saturated carbocycles. The van der Waals surface area contributed by atoms with E-state index < -0.39 is 0 Å². The van der Waals surface area contributed by atoms with Gasteiger partial charge in [-0.15, -0.1) is 0 Å². The topological polar surface area (TPSA) is 24.5 Å². The summed E-state index contributed by atoms with van der Waals surface area (Å²) in [5, 5.41) is 3.33. The van der Waals surface area contributed by atoms with E-state index in [1.54, 1.807) is 19.2 Å². The largest absolute Gasteiger partial charge is 0.497 e. The van der Waals surface area contributed by atoms with Crippen LogP contribution in [0.25, 0.3) is 0 Å². The van der Waals surface area contributed by atoms with Crippen LogP contribution in [0.1, 0.15) is 12.5 Å². The highest BCUT2D eigenvalue weighted by Crippen LogP contribution is 2.19. The van der Waals surface area contributed by atoms with Gasteiger partial charge in [-0.25, -0.2) is 4.39 Å². The van der Waals surface area contributed by atoms with Crippen molar-refractivity contribution in [3.63, 3.8) is 0 Å². The summed E-state index contributed by atoms with van der Waals surface area (Å²) in [6.45, 7) is 5.69. The molecule has 0 bridgehead atoms. The molecule has 0 radical (unpaired) electrons. The predicted octanol–water partition coefficient (Wildman–Crippen LogP) is 1.63. The van der Waals surface area contributed by atoms with Crippen LogP contribution in [0, 0.1) is 5.82 Å². The fraction of sp³-hybridized carbons (Fsp3) is 0.538. The van der Waals surface area contributed by atoms with Gasteiger partial charge in [-0.2, -0.15) is 0 Å². The molecule has 1 heterocycles. The lowest BCUT2D eigenvalue weighted by molar-refractivity contribution is 0.163. The molecule has 3 nitrogen and oxygen atoms in total. The molecule has 2 rings (SSSR count). The molecule has 0 amide bonds. The highest BCUT2D eigenvalue weighted by molar-refractivity contribution is 5.29. The number of halogens is 1. The number of hydrogen-bond donors (Lipinski definition) is 1. The fourth-order valence-electron chi connectivity index (χ4n) is 2.14. The highest BCUT2D eigenvalue weighted by atomic mass is 19.1. The van der Waals surface area contributed by atoms with Crippen LogP contribution in [0.3, 0.4) is 0 Å². The van der Waals surface area contributed by atoms with Crippen LogP contribution in [0.4, 0.5) is 4.39 Å². The first-order valence-corrected chi connectivity index (χ1v) is 5.98. The van der Waals surface area contributed by atoms with Gasteiger partial charge in [-0.1, -0.05) is 0 Å². The molecule has 94 valence electrons. The van der Waals surface area contributed by atoms with Crippen LogP contribution in [-0.2, 0) is 6.54 Å². The molecule has 0 unspecified atom stereocenters. The molecule has 1 N–H and O–H groups in total. The Balaban J connectivity index is 2.11. The molecule has 0 aromatic heterocycles. The van der Waals surface area contributed by atoms with Crippen molar-refractivity contribution in [1.29, 1.82) is 0 Å². The van der Waals surface area contributed by atoms with Crippen molar-refractivity contribution in [2.45, 2.75) is 19.5 Å². The van der Waals surface area contributed by atoms with Crippen molar-refractivity contribution >= 4 is 0 Å². The second kappa shape index (κ2) is 5.47. The maximum atomic E-state index is 13.7. The van der Waals surface area contributed by atoms with Crippen LogP contribution in [0.15, 0.2) is 18.2 Å². The zero-order valence-electron chi connectivity index (χ0n) is 10.4. The summed E-state index contributed by atoms with van der Waals surface area (Å²) in [7, 11) is 1.60. The molecule has 1 fully saturated rings. The van der Waals surface area contributed by atoms with Crippen LogP contribution in [0.2, 0.25) is 0 Å². The summed E-state index contributed by atoms with van der Waals surface area (Å²) < 4.78 is 18.8. The van der Waals surface area contributed by atoms with Crippen molar-refractivity contribution in [1.82, 2.24) is 10.2 Å². The number of methoxy groups -OCH3 is 1. The summed E-state index contributed by atoms with van der Waals surface area (Å²) in [5.41, 5.74) is 0.707.